The topological polar surface area (TPSA) is 101 Å². The molecule has 0 aliphatic heterocycles. The van der Waals surface area contributed by atoms with E-state index in [1.165, 1.54) is 13.0 Å². The van der Waals surface area contributed by atoms with Crippen LogP contribution in [0.25, 0.3) is 0 Å². The van der Waals surface area contributed by atoms with Gasteiger partial charge in [0, 0.05) is 18.7 Å². The first kappa shape index (κ1) is 19.9. The SMILES string of the molecule is CC(=O)Nc1cc(S(=O)(=O)NC2CCCC2CN)ccc1C.Cl. The van der Waals surface area contributed by atoms with Gasteiger partial charge in [-0.2, -0.15) is 0 Å². The van der Waals surface area contributed by atoms with Crippen LogP contribution in [-0.4, -0.2) is 26.9 Å². The molecule has 130 valence electrons. The third-order valence-corrected chi connectivity index (χ3v) is 5.59. The van der Waals surface area contributed by atoms with E-state index in [2.05, 4.69) is 10.0 Å². The molecule has 8 heteroatoms. The standard InChI is InChI=1S/C15H23N3O3S.ClH/c1-10-6-7-13(8-15(10)17-11(2)19)22(20,21)18-14-5-3-4-12(14)9-16;/h6-8,12,14,18H,3-5,9,16H2,1-2H3,(H,17,19);1H. The van der Waals surface area contributed by atoms with Gasteiger partial charge in [-0.15, -0.1) is 12.4 Å². The Labute approximate surface area is 143 Å². The summed E-state index contributed by atoms with van der Waals surface area (Å²) >= 11 is 0. The van der Waals surface area contributed by atoms with Gasteiger partial charge in [0.05, 0.1) is 4.90 Å². The molecule has 0 bridgehead atoms. The first-order valence-corrected chi connectivity index (χ1v) is 8.92. The maximum atomic E-state index is 12.5. The first-order valence-electron chi connectivity index (χ1n) is 7.44. The molecule has 2 rings (SSSR count). The van der Waals surface area contributed by atoms with E-state index < -0.39 is 10.0 Å². The third kappa shape index (κ3) is 4.91. The van der Waals surface area contributed by atoms with Crippen LogP contribution < -0.4 is 15.8 Å². The number of carbonyl (C=O) groups is 1. The number of nitrogens with two attached hydrogens (primary N) is 1. The summed E-state index contributed by atoms with van der Waals surface area (Å²) in [6.07, 6.45) is 2.75. The summed E-state index contributed by atoms with van der Waals surface area (Å²) in [7, 11) is -3.62. The van der Waals surface area contributed by atoms with Crippen LogP contribution in [0.2, 0.25) is 0 Å². The summed E-state index contributed by atoms with van der Waals surface area (Å²) in [4.78, 5) is 11.4. The maximum absolute atomic E-state index is 12.5. The summed E-state index contributed by atoms with van der Waals surface area (Å²) < 4.78 is 27.8. The number of hydrogen-bond acceptors (Lipinski definition) is 4. The number of sulfonamides is 1. The van der Waals surface area contributed by atoms with E-state index in [-0.39, 0.29) is 35.2 Å². The Morgan fingerprint density at radius 2 is 2.04 bits per heavy atom. The lowest BCUT2D eigenvalue weighted by atomic mass is 10.1. The predicted molar refractivity (Wildman–Crippen MR) is 93.2 cm³/mol. The van der Waals surface area contributed by atoms with Crippen LogP contribution in [0.4, 0.5) is 5.69 Å². The highest BCUT2D eigenvalue weighted by molar-refractivity contribution is 7.89. The van der Waals surface area contributed by atoms with Crippen molar-refractivity contribution < 1.29 is 13.2 Å². The van der Waals surface area contributed by atoms with E-state index in [0.717, 1.165) is 24.8 Å². The van der Waals surface area contributed by atoms with E-state index in [9.17, 15) is 13.2 Å². The van der Waals surface area contributed by atoms with Gasteiger partial charge in [-0.3, -0.25) is 4.79 Å². The quantitative estimate of drug-likeness (QED) is 0.744. The molecule has 1 saturated carbocycles. The average Bonchev–Trinajstić information content (AvgIpc) is 2.87. The Hall–Kier alpha value is -1.15. The van der Waals surface area contributed by atoms with Crippen LogP contribution in [0, 0.1) is 12.8 Å². The van der Waals surface area contributed by atoms with E-state index in [0.29, 0.717) is 12.2 Å². The Morgan fingerprint density at radius 3 is 2.65 bits per heavy atom. The van der Waals surface area contributed by atoms with Gasteiger partial charge in [0.2, 0.25) is 15.9 Å². The predicted octanol–water partition coefficient (Wildman–Crippen LogP) is 1.78. The highest BCUT2D eigenvalue weighted by Gasteiger charge is 2.30. The second kappa shape index (κ2) is 8.10. The van der Waals surface area contributed by atoms with Crippen LogP contribution in [0.15, 0.2) is 23.1 Å². The molecule has 1 amide bonds. The molecular formula is C15H24ClN3O3S. The number of rotatable bonds is 5. The van der Waals surface area contributed by atoms with Gasteiger partial charge in [-0.1, -0.05) is 12.5 Å². The number of hydrogen-bond donors (Lipinski definition) is 3. The van der Waals surface area contributed by atoms with Crippen LogP contribution in [-0.2, 0) is 14.8 Å². The number of amides is 1. The number of halogens is 1. The lowest BCUT2D eigenvalue weighted by molar-refractivity contribution is -0.114. The monoisotopic (exact) mass is 361 g/mol. The Kier molecular flexibility index (Phi) is 7.01. The molecule has 0 aromatic heterocycles. The minimum absolute atomic E-state index is 0. The summed E-state index contributed by atoms with van der Waals surface area (Å²) in [6.45, 7) is 3.69. The Morgan fingerprint density at radius 1 is 1.35 bits per heavy atom. The zero-order valence-electron chi connectivity index (χ0n) is 13.3. The molecule has 2 atom stereocenters. The molecule has 23 heavy (non-hydrogen) atoms. The zero-order chi connectivity index (χ0) is 16.3. The smallest absolute Gasteiger partial charge is 0.240 e. The van der Waals surface area contributed by atoms with Crippen molar-refractivity contribution in [3.63, 3.8) is 0 Å². The maximum Gasteiger partial charge on any atom is 0.240 e. The largest absolute Gasteiger partial charge is 0.330 e. The van der Waals surface area contributed by atoms with Crippen molar-refractivity contribution in [2.45, 2.75) is 44.0 Å². The summed E-state index contributed by atoms with van der Waals surface area (Å²) in [5.41, 5.74) is 7.02. The van der Waals surface area contributed by atoms with Crippen LogP contribution in [0.5, 0.6) is 0 Å². The molecule has 0 heterocycles. The molecule has 1 aromatic rings. The minimum Gasteiger partial charge on any atom is -0.330 e. The third-order valence-electron chi connectivity index (χ3n) is 4.10. The normalized spacial score (nSPS) is 20.8. The van der Waals surface area contributed by atoms with Crippen molar-refractivity contribution in [1.82, 2.24) is 4.72 Å². The van der Waals surface area contributed by atoms with Crippen molar-refractivity contribution >= 4 is 34.0 Å². The average molecular weight is 362 g/mol. The highest BCUT2D eigenvalue weighted by atomic mass is 35.5. The molecule has 2 unspecified atom stereocenters. The Balaban J connectivity index is 0.00000264. The van der Waals surface area contributed by atoms with Gasteiger partial charge in [-0.25, -0.2) is 13.1 Å². The van der Waals surface area contributed by atoms with E-state index >= 15 is 0 Å². The van der Waals surface area contributed by atoms with Crippen molar-refractivity contribution in [2.75, 3.05) is 11.9 Å². The molecule has 0 radical (unpaired) electrons. The second-order valence-electron chi connectivity index (χ2n) is 5.81. The van der Waals surface area contributed by atoms with E-state index in [1.54, 1.807) is 12.1 Å². The van der Waals surface area contributed by atoms with Gasteiger partial charge in [-0.05, 0) is 49.9 Å². The molecule has 1 aromatic carbocycles. The van der Waals surface area contributed by atoms with Gasteiger partial charge >= 0.3 is 0 Å². The molecule has 4 N–H and O–H groups in total. The Bertz CT molecular complexity index is 664. The molecule has 0 spiro atoms. The van der Waals surface area contributed by atoms with Crippen LogP contribution in [0.3, 0.4) is 0 Å². The van der Waals surface area contributed by atoms with Crippen LogP contribution in [0.1, 0.15) is 31.7 Å². The first-order chi connectivity index (χ1) is 10.3. The van der Waals surface area contributed by atoms with E-state index in [1.807, 2.05) is 6.92 Å². The number of aryl methyl sites for hydroxylation is 1. The highest BCUT2D eigenvalue weighted by Crippen LogP contribution is 2.27. The number of nitrogens with one attached hydrogen (secondary N) is 2. The van der Waals surface area contributed by atoms with Crippen molar-refractivity contribution in [1.29, 1.82) is 0 Å². The second-order valence-corrected chi connectivity index (χ2v) is 7.53. The zero-order valence-corrected chi connectivity index (χ0v) is 15.0. The fraction of sp³-hybridized carbons (Fsp3) is 0.533. The molecule has 6 nitrogen and oxygen atoms in total. The fourth-order valence-corrected chi connectivity index (χ4v) is 4.20. The van der Waals surface area contributed by atoms with Crippen molar-refractivity contribution in [3.8, 4) is 0 Å². The number of carbonyl (C=O) groups excluding carboxylic acids is 1. The lowest BCUT2D eigenvalue weighted by Gasteiger charge is -2.20. The number of anilines is 1. The van der Waals surface area contributed by atoms with Gasteiger partial charge < -0.3 is 11.1 Å². The number of benzene rings is 1. The van der Waals surface area contributed by atoms with Crippen molar-refractivity contribution in [2.24, 2.45) is 11.7 Å². The molecule has 1 aliphatic rings. The van der Waals surface area contributed by atoms with Crippen molar-refractivity contribution in [3.05, 3.63) is 23.8 Å². The van der Waals surface area contributed by atoms with Crippen LogP contribution >= 0.6 is 12.4 Å². The summed E-state index contributed by atoms with van der Waals surface area (Å²) in [5, 5.41) is 2.65. The summed E-state index contributed by atoms with van der Waals surface area (Å²) in [5.74, 6) is -0.0420. The molecule has 1 aliphatic carbocycles. The molecule has 0 saturated heterocycles. The van der Waals surface area contributed by atoms with Gasteiger partial charge in [0.1, 0.15) is 0 Å². The fourth-order valence-electron chi connectivity index (χ4n) is 2.83. The molecule has 1 fully saturated rings. The minimum atomic E-state index is -3.62. The van der Waals surface area contributed by atoms with Gasteiger partial charge in [0.15, 0.2) is 0 Å². The van der Waals surface area contributed by atoms with Gasteiger partial charge in [0.25, 0.3) is 0 Å². The van der Waals surface area contributed by atoms with E-state index in [4.69, 9.17) is 5.73 Å². The summed E-state index contributed by atoms with van der Waals surface area (Å²) in [6, 6.07) is 4.62. The molecular weight excluding hydrogens is 338 g/mol. The lowest BCUT2D eigenvalue weighted by Crippen LogP contribution is -2.39.